The Morgan fingerprint density at radius 2 is 1.96 bits per heavy atom. The van der Waals surface area contributed by atoms with Gasteiger partial charge in [-0.25, -0.2) is 4.79 Å². The monoisotopic (exact) mass is 381 g/mol. The number of carbonyl (C=O) groups excluding carboxylic acids is 1. The number of carbonyl (C=O) groups is 1. The van der Waals surface area contributed by atoms with Crippen LogP contribution in [0, 0.1) is 0 Å². The molecule has 1 aliphatic heterocycles. The summed E-state index contributed by atoms with van der Waals surface area (Å²) >= 11 is 0. The molecular weight excluding hydrogens is 354 g/mol. The molecule has 7 heteroatoms. The molecule has 0 radical (unpaired) electrons. The smallest absolute Gasteiger partial charge is 0.411 e. The number of H-pyrrole nitrogens is 1. The van der Waals surface area contributed by atoms with Crippen LogP contribution in [0.15, 0.2) is 36.8 Å². The number of allylic oxidation sites excluding steroid dienone is 1. The number of aromatic amines is 1. The van der Waals surface area contributed by atoms with E-state index in [4.69, 9.17) is 4.74 Å². The van der Waals surface area contributed by atoms with E-state index in [1.54, 1.807) is 0 Å². The molecule has 2 aromatic rings. The Morgan fingerprint density at radius 3 is 2.89 bits per heavy atom. The van der Waals surface area contributed by atoms with E-state index in [1.807, 2.05) is 18.5 Å². The lowest BCUT2D eigenvalue weighted by Gasteiger charge is -2.14. The second kappa shape index (κ2) is 8.46. The van der Waals surface area contributed by atoms with Crippen LogP contribution >= 0.6 is 0 Å². The molecule has 148 valence electrons. The highest BCUT2D eigenvalue weighted by Gasteiger charge is 2.30. The van der Waals surface area contributed by atoms with Gasteiger partial charge in [0, 0.05) is 29.6 Å². The van der Waals surface area contributed by atoms with Gasteiger partial charge in [0.25, 0.3) is 0 Å². The molecule has 2 unspecified atom stereocenters. The predicted octanol–water partition coefficient (Wildman–Crippen LogP) is 4.54. The third-order valence-corrected chi connectivity index (χ3v) is 5.49. The van der Waals surface area contributed by atoms with Crippen LogP contribution in [-0.4, -0.2) is 27.4 Å². The first-order chi connectivity index (χ1) is 13.7. The summed E-state index contributed by atoms with van der Waals surface area (Å²) in [5.41, 5.74) is 3.95. The minimum atomic E-state index is -0.386. The first kappa shape index (κ1) is 18.5. The maximum Gasteiger partial charge on any atom is 0.411 e. The van der Waals surface area contributed by atoms with Crippen molar-refractivity contribution in [2.24, 2.45) is 0 Å². The Kier molecular flexibility index (Phi) is 5.60. The van der Waals surface area contributed by atoms with Gasteiger partial charge in [-0.15, -0.1) is 0 Å². The minimum Gasteiger partial charge on any atom is -0.446 e. The van der Waals surface area contributed by atoms with Gasteiger partial charge >= 0.3 is 6.09 Å². The molecule has 6 bridgehead atoms. The third-order valence-electron chi connectivity index (χ3n) is 5.49. The SMILES string of the molecule is C=C1CCCCCc2cncc(c2)Nc2cc([nH]n2)C2CCC(C2)OC(=O)N1. The van der Waals surface area contributed by atoms with Crippen LogP contribution < -0.4 is 10.6 Å². The molecule has 2 aromatic heterocycles. The van der Waals surface area contributed by atoms with Crippen LogP contribution in [0.4, 0.5) is 16.3 Å². The molecule has 0 aromatic carbocycles. The molecule has 1 aliphatic carbocycles. The zero-order chi connectivity index (χ0) is 19.3. The summed E-state index contributed by atoms with van der Waals surface area (Å²) in [4.78, 5) is 16.5. The summed E-state index contributed by atoms with van der Waals surface area (Å²) in [5.74, 6) is 1.10. The van der Waals surface area contributed by atoms with Crippen molar-refractivity contribution in [2.45, 2.75) is 63.4 Å². The van der Waals surface area contributed by atoms with Crippen molar-refractivity contribution in [3.63, 3.8) is 0 Å². The number of rotatable bonds is 0. The minimum absolute atomic E-state index is 0.0690. The summed E-state index contributed by atoms with van der Waals surface area (Å²) in [5, 5.41) is 13.6. The fraction of sp³-hybridized carbons (Fsp3) is 0.476. The van der Waals surface area contributed by atoms with E-state index >= 15 is 0 Å². The van der Waals surface area contributed by atoms with E-state index < -0.39 is 0 Å². The molecule has 1 fully saturated rings. The number of aromatic nitrogens is 3. The lowest BCUT2D eigenvalue weighted by atomic mass is 10.0. The topological polar surface area (TPSA) is 91.9 Å². The van der Waals surface area contributed by atoms with Gasteiger partial charge in [0.2, 0.25) is 0 Å². The molecule has 2 aliphatic rings. The van der Waals surface area contributed by atoms with Gasteiger partial charge in [-0.2, -0.15) is 5.10 Å². The number of anilines is 2. The van der Waals surface area contributed by atoms with Crippen molar-refractivity contribution in [3.8, 4) is 0 Å². The van der Waals surface area contributed by atoms with E-state index in [1.165, 1.54) is 5.56 Å². The van der Waals surface area contributed by atoms with Crippen molar-refractivity contribution in [2.75, 3.05) is 5.32 Å². The number of nitrogens with one attached hydrogen (secondary N) is 3. The van der Waals surface area contributed by atoms with Crippen molar-refractivity contribution < 1.29 is 9.53 Å². The van der Waals surface area contributed by atoms with Gasteiger partial charge in [0.05, 0.1) is 11.9 Å². The molecule has 4 rings (SSSR count). The molecule has 0 spiro atoms. The fourth-order valence-electron chi connectivity index (χ4n) is 4.01. The molecule has 3 N–H and O–H groups in total. The summed E-state index contributed by atoms with van der Waals surface area (Å²) in [6.07, 6.45) is 10.8. The molecule has 1 amide bonds. The predicted molar refractivity (Wildman–Crippen MR) is 107 cm³/mol. The van der Waals surface area contributed by atoms with Crippen LogP contribution in [0.1, 0.15) is 62.1 Å². The van der Waals surface area contributed by atoms with Gasteiger partial charge < -0.3 is 10.1 Å². The normalized spacial score (nSPS) is 23.6. The van der Waals surface area contributed by atoms with E-state index in [0.29, 0.717) is 5.92 Å². The first-order valence-corrected chi connectivity index (χ1v) is 10.1. The number of amides is 1. The third kappa shape index (κ3) is 4.71. The van der Waals surface area contributed by atoms with Crippen molar-refractivity contribution in [3.05, 3.63) is 48.1 Å². The molecule has 1 saturated carbocycles. The van der Waals surface area contributed by atoms with E-state index in [9.17, 15) is 4.79 Å². The summed E-state index contributed by atoms with van der Waals surface area (Å²) < 4.78 is 5.59. The Morgan fingerprint density at radius 1 is 1.07 bits per heavy atom. The number of nitrogens with zero attached hydrogens (tertiary/aromatic N) is 2. The van der Waals surface area contributed by atoms with Gasteiger partial charge in [-0.05, 0) is 56.6 Å². The fourth-order valence-corrected chi connectivity index (χ4v) is 4.01. The van der Waals surface area contributed by atoms with Crippen molar-refractivity contribution in [1.29, 1.82) is 0 Å². The summed E-state index contributed by atoms with van der Waals surface area (Å²) in [7, 11) is 0. The molecule has 0 saturated heterocycles. The van der Waals surface area contributed by atoms with Gasteiger partial charge in [0.15, 0.2) is 5.82 Å². The van der Waals surface area contributed by atoms with Crippen LogP contribution in [0.2, 0.25) is 0 Å². The average molecular weight is 381 g/mol. The van der Waals surface area contributed by atoms with Crippen LogP contribution in [-0.2, 0) is 11.2 Å². The zero-order valence-electron chi connectivity index (χ0n) is 16.0. The Bertz CT molecular complexity index is 847. The lowest BCUT2D eigenvalue weighted by molar-refractivity contribution is 0.102. The molecule has 3 heterocycles. The van der Waals surface area contributed by atoms with E-state index in [2.05, 4.69) is 38.5 Å². The van der Waals surface area contributed by atoms with Crippen LogP contribution in [0.25, 0.3) is 0 Å². The largest absolute Gasteiger partial charge is 0.446 e. The summed E-state index contributed by atoms with van der Waals surface area (Å²) in [6.45, 7) is 3.96. The second-order valence-corrected chi connectivity index (χ2v) is 7.74. The number of fused-ring (bicyclic) bond motifs is 7. The van der Waals surface area contributed by atoms with Crippen molar-refractivity contribution >= 4 is 17.6 Å². The summed E-state index contributed by atoms with van der Waals surface area (Å²) in [6, 6.07) is 4.17. The maximum absolute atomic E-state index is 12.1. The average Bonchev–Trinajstić information content (AvgIpc) is 3.30. The lowest BCUT2D eigenvalue weighted by Crippen LogP contribution is -2.27. The Labute approximate surface area is 165 Å². The number of hydrogen-bond acceptors (Lipinski definition) is 5. The number of alkyl carbamates (subject to hydrolysis) is 1. The standard InChI is InChI=1S/C21H27N5O2/c1-14-5-3-2-4-6-15-9-17(13-22-12-15)24-20-11-19(25-26-20)16-7-8-18(10-16)28-21(27)23-14/h9,11-13,16,18H,1-8,10H2,(H,23,27)(H2,24,25,26). The van der Waals surface area contributed by atoms with Gasteiger partial charge in [-0.3, -0.25) is 15.4 Å². The molecular formula is C21H27N5O2. The van der Waals surface area contributed by atoms with Crippen LogP contribution in [0.5, 0.6) is 0 Å². The number of pyridine rings is 1. The molecule has 2 atom stereocenters. The van der Waals surface area contributed by atoms with E-state index in [0.717, 1.165) is 74.3 Å². The zero-order valence-corrected chi connectivity index (χ0v) is 16.0. The van der Waals surface area contributed by atoms with Crippen LogP contribution in [0.3, 0.4) is 0 Å². The first-order valence-electron chi connectivity index (χ1n) is 10.1. The number of aryl methyl sites for hydroxylation is 1. The second-order valence-electron chi connectivity index (χ2n) is 7.74. The highest BCUT2D eigenvalue weighted by molar-refractivity contribution is 5.69. The van der Waals surface area contributed by atoms with Crippen molar-refractivity contribution in [1.82, 2.24) is 20.5 Å². The highest BCUT2D eigenvalue weighted by atomic mass is 16.6. The Hall–Kier alpha value is -2.83. The molecule has 7 nitrogen and oxygen atoms in total. The van der Waals surface area contributed by atoms with Gasteiger partial charge in [0.1, 0.15) is 6.10 Å². The van der Waals surface area contributed by atoms with Gasteiger partial charge in [-0.1, -0.05) is 13.0 Å². The highest BCUT2D eigenvalue weighted by Crippen LogP contribution is 2.36. The number of hydrogen-bond donors (Lipinski definition) is 3. The molecule has 28 heavy (non-hydrogen) atoms. The number of ether oxygens (including phenoxy) is 1. The van der Waals surface area contributed by atoms with E-state index in [-0.39, 0.29) is 12.2 Å². The maximum atomic E-state index is 12.1. The Balaban J connectivity index is 1.50. The quantitative estimate of drug-likeness (QED) is 0.623.